The number of hydrogen-bond acceptors (Lipinski definition) is 4. The minimum absolute atomic E-state index is 0.0722. The van der Waals surface area contributed by atoms with Gasteiger partial charge in [-0.05, 0) is 30.9 Å². The zero-order valence-corrected chi connectivity index (χ0v) is 10.8. The topological polar surface area (TPSA) is 75.6 Å². The van der Waals surface area contributed by atoms with Crippen molar-refractivity contribution >= 4 is 10.0 Å². The van der Waals surface area contributed by atoms with Crippen LogP contribution >= 0.6 is 0 Å². The lowest BCUT2D eigenvalue weighted by molar-refractivity contribution is 0.0678. The molecule has 0 atom stereocenters. The van der Waals surface area contributed by atoms with Gasteiger partial charge in [0.1, 0.15) is 10.6 Å². The zero-order chi connectivity index (χ0) is 13.0. The molecule has 0 unspecified atom stereocenters. The molecule has 18 heavy (non-hydrogen) atoms. The lowest BCUT2D eigenvalue weighted by Gasteiger charge is -2.22. The predicted molar refractivity (Wildman–Crippen MR) is 66.8 cm³/mol. The van der Waals surface area contributed by atoms with Gasteiger partial charge in [-0.1, -0.05) is 12.1 Å². The van der Waals surface area contributed by atoms with Crippen molar-refractivity contribution in [3.63, 3.8) is 0 Å². The number of ether oxygens (including phenoxy) is 1. The van der Waals surface area contributed by atoms with Gasteiger partial charge in [0.05, 0.1) is 0 Å². The van der Waals surface area contributed by atoms with Crippen LogP contribution < -0.4 is 4.72 Å². The second-order valence-electron chi connectivity index (χ2n) is 4.38. The first kappa shape index (κ1) is 13.3. The van der Waals surface area contributed by atoms with Gasteiger partial charge in [0.25, 0.3) is 0 Å². The Bertz CT molecular complexity index is 495. The summed E-state index contributed by atoms with van der Waals surface area (Å²) in [6.07, 6.45) is 1.73. The Labute approximate surface area is 107 Å². The molecule has 1 aromatic carbocycles. The van der Waals surface area contributed by atoms with Crippen LogP contribution in [0.1, 0.15) is 12.8 Å². The number of hydrogen-bond donors (Lipinski definition) is 2. The summed E-state index contributed by atoms with van der Waals surface area (Å²) in [5.41, 5.74) is 0. The monoisotopic (exact) mass is 271 g/mol. The van der Waals surface area contributed by atoms with E-state index in [9.17, 15) is 13.5 Å². The summed E-state index contributed by atoms with van der Waals surface area (Å²) in [5.74, 6) is 0.0800. The van der Waals surface area contributed by atoms with Gasteiger partial charge in [-0.25, -0.2) is 13.1 Å². The molecule has 100 valence electrons. The molecule has 0 radical (unpaired) electrons. The number of sulfonamides is 1. The molecule has 2 rings (SSSR count). The van der Waals surface area contributed by atoms with E-state index in [1.807, 2.05) is 0 Å². The van der Waals surface area contributed by atoms with Crippen LogP contribution in [0.25, 0.3) is 0 Å². The maximum absolute atomic E-state index is 12.0. The van der Waals surface area contributed by atoms with E-state index in [1.54, 1.807) is 12.1 Å². The number of para-hydroxylation sites is 1. The van der Waals surface area contributed by atoms with Gasteiger partial charge in [-0.15, -0.1) is 0 Å². The van der Waals surface area contributed by atoms with Crippen molar-refractivity contribution in [2.24, 2.45) is 5.92 Å². The average molecular weight is 271 g/mol. The zero-order valence-electron chi connectivity index (χ0n) is 10.0. The van der Waals surface area contributed by atoms with Crippen LogP contribution in [0.3, 0.4) is 0 Å². The SMILES string of the molecule is O=S(=O)(NCC1CCOCC1)c1ccccc1O. The second kappa shape index (κ2) is 5.69. The summed E-state index contributed by atoms with van der Waals surface area (Å²) < 4.78 is 31.7. The molecule has 1 aromatic rings. The first-order valence-corrected chi connectivity index (χ1v) is 7.43. The first-order chi connectivity index (χ1) is 8.59. The third kappa shape index (κ3) is 3.22. The molecule has 0 aliphatic carbocycles. The Balaban J connectivity index is 2.01. The molecule has 0 spiro atoms. The number of benzene rings is 1. The van der Waals surface area contributed by atoms with Crippen molar-refractivity contribution in [2.45, 2.75) is 17.7 Å². The van der Waals surface area contributed by atoms with Crippen LogP contribution in [0, 0.1) is 5.92 Å². The summed E-state index contributed by atoms with van der Waals surface area (Å²) in [4.78, 5) is -0.0722. The Morgan fingerprint density at radius 1 is 1.28 bits per heavy atom. The predicted octanol–water partition coefficient (Wildman–Crippen LogP) is 1.10. The highest BCUT2D eigenvalue weighted by atomic mass is 32.2. The molecule has 0 saturated carbocycles. The van der Waals surface area contributed by atoms with Crippen molar-refractivity contribution in [3.8, 4) is 5.75 Å². The van der Waals surface area contributed by atoms with Gasteiger partial charge in [0.2, 0.25) is 10.0 Å². The molecule has 0 bridgehead atoms. The number of nitrogens with one attached hydrogen (secondary N) is 1. The standard InChI is InChI=1S/C12H17NO4S/c14-11-3-1-2-4-12(11)18(15,16)13-9-10-5-7-17-8-6-10/h1-4,10,13-14H,5-9H2. The summed E-state index contributed by atoms with van der Waals surface area (Å²) in [6.45, 7) is 1.76. The van der Waals surface area contributed by atoms with Gasteiger partial charge in [0, 0.05) is 19.8 Å². The normalized spacial score (nSPS) is 17.8. The quantitative estimate of drug-likeness (QED) is 0.859. The summed E-state index contributed by atoms with van der Waals surface area (Å²) in [7, 11) is -3.63. The molecule has 1 aliphatic heterocycles. The third-order valence-corrected chi connectivity index (χ3v) is 4.53. The van der Waals surface area contributed by atoms with Crippen LogP contribution in [0.4, 0.5) is 0 Å². The van der Waals surface area contributed by atoms with Crippen LogP contribution in [0.15, 0.2) is 29.2 Å². The van der Waals surface area contributed by atoms with Crippen LogP contribution in [-0.4, -0.2) is 33.3 Å². The molecule has 0 amide bonds. The lowest BCUT2D eigenvalue weighted by atomic mass is 10.0. The van der Waals surface area contributed by atoms with Crippen molar-refractivity contribution in [3.05, 3.63) is 24.3 Å². The van der Waals surface area contributed by atoms with Crippen LogP contribution in [0.2, 0.25) is 0 Å². The van der Waals surface area contributed by atoms with Gasteiger partial charge < -0.3 is 9.84 Å². The minimum atomic E-state index is -3.63. The second-order valence-corrected chi connectivity index (χ2v) is 6.11. The van der Waals surface area contributed by atoms with E-state index >= 15 is 0 Å². The van der Waals surface area contributed by atoms with Crippen molar-refractivity contribution in [1.29, 1.82) is 0 Å². The van der Waals surface area contributed by atoms with Crippen molar-refractivity contribution < 1.29 is 18.3 Å². The molecule has 6 heteroatoms. The Kier molecular flexibility index (Phi) is 4.21. The first-order valence-electron chi connectivity index (χ1n) is 5.95. The maximum Gasteiger partial charge on any atom is 0.244 e. The molecular formula is C12H17NO4S. The number of phenolic OH excluding ortho intramolecular Hbond substituents is 1. The molecule has 1 aliphatic rings. The summed E-state index contributed by atoms with van der Waals surface area (Å²) >= 11 is 0. The van der Waals surface area contributed by atoms with Gasteiger partial charge >= 0.3 is 0 Å². The molecule has 1 saturated heterocycles. The molecule has 1 heterocycles. The average Bonchev–Trinajstić information content (AvgIpc) is 2.38. The van der Waals surface area contributed by atoms with Gasteiger partial charge in [-0.3, -0.25) is 0 Å². The van der Waals surface area contributed by atoms with Crippen LogP contribution in [-0.2, 0) is 14.8 Å². The molecule has 2 N–H and O–H groups in total. The smallest absolute Gasteiger partial charge is 0.244 e. The van der Waals surface area contributed by atoms with Crippen LogP contribution in [0.5, 0.6) is 5.75 Å². The summed E-state index contributed by atoms with van der Waals surface area (Å²) in [5, 5.41) is 9.54. The fourth-order valence-electron chi connectivity index (χ4n) is 1.94. The van der Waals surface area contributed by atoms with Gasteiger partial charge in [0.15, 0.2) is 0 Å². The molecule has 1 fully saturated rings. The number of phenols is 1. The Morgan fingerprint density at radius 3 is 2.61 bits per heavy atom. The Morgan fingerprint density at radius 2 is 1.94 bits per heavy atom. The minimum Gasteiger partial charge on any atom is -0.507 e. The maximum atomic E-state index is 12.0. The highest BCUT2D eigenvalue weighted by Crippen LogP contribution is 2.22. The van der Waals surface area contributed by atoms with E-state index in [0.717, 1.165) is 12.8 Å². The van der Waals surface area contributed by atoms with E-state index in [4.69, 9.17) is 4.74 Å². The van der Waals surface area contributed by atoms with Gasteiger partial charge in [-0.2, -0.15) is 0 Å². The van der Waals surface area contributed by atoms with Crippen molar-refractivity contribution in [2.75, 3.05) is 19.8 Å². The van der Waals surface area contributed by atoms with E-state index < -0.39 is 10.0 Å². The lowest BCUT2D eigenvalue weighted by Crippen LogP contribution is -2.32. The number of rotatable bonds is 4. The largest absolute Gasteiger partial charge is 0.507 e. The highest BCUT2D eigenvalue weighted by Gasteiger charge is 2.21. The molecule has 0 aromatic heterocycles. The van der Waals surface area contributed by atoms with Crippen molar-refractivity contribution in [1.82, 2.24) is 4.72 Å². The third-order valence-electron chi connectivity index (χ3n) is 3.06. The molecule has 5 nitrogen and oxygen atoms in total. The van der Waals surface area contributed by atoms with E-state index in [1.165, 1.54) is 12.1 Å². The van der Waals surface area contributed by atoms with E-state index in [-0.39, 0.29) is 10.6 Å². The molecular weight excluding hydrogens is 254 g/mol. The summed E-state index contributed by atoms with van der Waals surface area (Å²) in [6, 6.07) is 5.93. The number of aromatic hydroxyl groups is 1. The Hall–Kier alpha value is -1.11. The highest BCUT2D eigenvalue weighted by molar-refractivity contribution is 7.89. The van der Waals surface area contributed by atoms with E-state index in [0.29, 0.717) is 25.7 Å². The fraction of sp³-hybridized carbons (Fsp3) is 0.500. The fourth-order valence-corrected chi connectivity index (χ4v) is 3.15. The van der Waals surface area contributed by atoms with E-state index in [2.05, 4.69) is 4.72 Å².